The lowest BCUT2D eigenvalue weighted by Crippen LogP contribution is -2.09. The summed E-state index contributed by atoms with van der Waals surface area (Å²) in [6.07, 6.45) is 0.659. The first kappa shape index (κ1) is 16.6. The fourth-order valence-electron chi connectivity index (χ4n) is 1.74. The van der Waals surface area contributed by atoms with Gasteiger partial charge in [-0.25, -0.2) is 4.79 Å². The summed E-state index contributed by atoms with van der Waals surface area (Å²) in [4.78, 5) is 21.4. The molecular formula is C17H13ClO5. The number of aliphatic hydroxyl groups is 1. The number of ketones is 1. The molecule has 0 spiro atoms. The van der Waals surface area contributed by atoms with Crippen LogP contribution < -0.4 is 4.74 Å². The van der Waals surface area contributed by atoms with E-state index in [0.717, 1.165) is 5.56 Å². The molecule has 0 aliphatic rings. The third-order valence-corrected chi connectivity index (χ3v) is 3.20. The lowest BCUT2D eigenvalue weighted by atomic mass is 10.1. The summed E-state index contributed by atoms with van der Waals surface area (Å²) in [5, 5.41) is 18.8. The molecule has 2 aromatic carbocycles. The second kappa shape index (κ2) is 7.47. The summed E-state index contributed by atoms with van der Waals surface area (Å²) in [5.74, 6) is -2.66. The monoisotopic (exact) mass is 332 g/mol. The van der Waals surface area contributed by atoms with Gasteiger partial charge in [0.15, 0.2) is 0 Å². The van der Waals surface area contributed by atoms with Gasteiger partial charge in [0, 0.05) is 16.7 Å². The summed E-state index contributed by atoms with van der Waals surface area (Å²) < 4.78 is 5.58. The van der Waals surface area contributed by atoms with Crippen LogP contribution in [-0.4, -0.2) is 22.0 Å². The fourth-order valence-corrected chi connectivity index (χ4v) is 1.86. The zero-order chi connectivity index (χ0) is 16.8. The highest BCUT2D eigenvalue weighted by Crippen LogP contribution is 2.19. The molecule has 0 bridgehead atoms. The Labute approximate surface area is 137 Å². The van der Waals surface area contributed by atoms with Crippen LogP contribution in [0.2, 0.25) is 5.02 Å². The fraction of sp³-hybridized carbons (Fsp3) is 0.0588. The van der Waals surface area contributed by atoms with Crippen LogP contribution in [0.5, 0.6) is 5.75 Å². The van der Waals surface area contributed by atoms with Gasteiger partial charge in [-0.15, -0.1) is 0 Å². The van der Waals surface area contributed by atoms with E-state index < -0.39 is 17.5 Å². The molecule has 0 amide bonds. The SMILES string of the molecule is O=C(O)C(=O)/C=C(/O)c1ccc(OCc2ccc(Cl)cc2)cc1. The van der Waals surface area contributed by atoms with Gasteiger partial charge < -0.3 is 14.9 Å². The Morgan fingerprint density at radius 3 is 2.17 bits per heavy atom. The van der Waals surface area contributed by atoms with Crippen molar-refractivity contribution in [2.45, 2.75) is 6.61 Å². The molecule has 0 fully saturated rings. The van der Waals surface area contributed by atoms with E-state index in [1.165, 1.54) is 12.1 Å². The van der Waals surface area contributed by atoms with Gasteiger partial charge in [0.25, 0.3) is 5.78 Å². The number of carboxylic acid groups (broad SMARTS) is 1. The number of ether oxygens (including phenoxy) is 1. The predicted octanol–water partition coefficient (Wildman–Crippen LogP) is 3.47. The van der Waals surface area contributed by atoms with Gasteiger partial charge >= 0.3 is 5.97 Å². The Bertz CT molecular complexity index is 733. The first-order valence-corrected chi connectivity index (χ1v) is 6.99. The Morgan fingerprint density at radius 2 is 1.61 bits per heavy atom. The van der Waals surface area contributed by atoms with Crippen LogP contribution >= 0.6 is 11.6 Å². The predicted molar refractivity (Wildman–Crippen MR) is 85.5 cm³/mol. The van der Waals surface area contributed by atoms with Crippen LogP contribution in [-0.2, 0) is 16.2 Å². The van der Waals surface area contributed by atoms with Crippen molar-refractivity contribution in [3.63, 3.8) is 0 Å². The highest BCUT2D eigenvalue weighted by atomic mass is 35.5. The van der Waals surface area contributed by atoms with Crippen molar-refractivity contribution < 1.29 is 24.5 Å². The van der Waals surface area contributed by atoms with E-state index in [4.69, 9.17) is 21.4 Å². The lowest BCUT2D eigenvalue weighted by Gasteiger charge is -2.07. The maximum absolute atomic E-state index is 11.0. The standard InChI is InChI=1S/C17H13ClO5/c18-13-5-1-11(2-6-13)10-23-14-7-3-12(4-8-14)15(19)9-16(20)17(21)22/h1-9,19H,10H2,(H,21,22)/b15-9+. The summed E-state index contributed by atoms with van der Waals surface area (Å²) >= 11 is 5.80. The summed E-state index contributed by atoms with van der Waals surface area (Å²) in [6.45, 7) is 0.357. The largest absolute Gasteiger partial charge is 0.507 e. The minimum absolute atomic E-state index is 0.318. The maximum atomic E-state index is 11.0. The third-order valence-electron chi connectivity index (χ3n) is 2.95. The zero-order valence-electron chi connectivity index (χ0n) is 11.9. The molecule has 2 N–H and O–H groups in total. The highest BCUT2D eigenvalue weighted by molar-refractivity contribution is 6.38. The number of rotatable bonds is 6. The molecule has 0 aromatic heterocycles. The first-order valence-electron chi connectivity index (χ1n) is 6.61. The molecule has 0 unspecified atom stereocenters. The van der Waals surface area contributed by atoms with Gasteiger partial charge in [-0.3, -0.25) is 4.79 Å². The highest BCUT2D eigenvalue weighted by Gasteiger charge is 2.10. The Morgan fingerprint density at radius 1 is 1.00 bits per heavy atom. The molecule has 23 heavy (non-hydrogen) atoms. The normalized spacial score (nSPS) is 11.1. The summed E-state index contributed by atoms with van der Waals surface area (Å²) in [7, 11) is 0. The number of hydrogen-bond acceptors (Lipinski definition) is 4. The van der Waals surface area contributed by atoms with E-state index in [2.05, 4.69) is 0 Å². The molecule has 5 nitrogen and oxygen atoms in total. The minimum Gasteiger partial charge on any atom is -0.507 e. The second-order valence-electron chi connectivity index (χ2n) is 4.64. The molecule has 2 aromatic rings. The third kappa shape index (κ3) is 4.86. The van der Waals surface area contributed by atoms with Crippen molar-refractivity contribution in [1.82, 2.24) is 0 Å². The van der Waals surface area contributed by atoms with Crippen LogP contribution in [0, 0.1) is 0 Å². The second-order valence-corrected chi connectivity index (χ2v) is 5.07. The quantitative estimate of drug-likeness (QED) is 0.480. The Kier molecular flexibility index (Phi) is 5.38. The van der Waals surface area contributed by atoms with E-state index in [9.17, 15) is 14.7 Å². The van der Waals surface area contributed by atoms with Gasteiger partial charge in [0.1, 0.15) is 18.1 Å². The van der Waals surface area contributed by atoms with Crippen molar-refractivity contribution in [3.05, 3.63) is 70.8 Å². The van der Waals surface area contributed by atoms with E-state index in [1.807, 2.05) is 12.1 Å². The summed E-state index contributed by atoms with van der Waals surface area (Å²) in [5.41, 5.74) is 1.27. The van der Waals surface area contributed by atoms with Crippen molar-refractivity contribution in [1.29, 1.82) is 0 Å². The number of carboxylic acids is 1. The zero-order valence-corrected chi connectivity index (χ0v) is 12.7. The number of carbonyl (C=O) groups excluding carboxylic acids is 1. The van der Waals surface area contributed by atoms with E-state index >= 15 is 0 Å². The van der Waals surface area contributed by atoms with Crippen LogP contribution in [0.3, 0.4) is 0 Å². The molecule has 0 saturated carbocycles. The van der Waals surface area contributed by atoms with E-state index in [0.29, 0.717) is 29.0 Å². The number of carbonyl (C=O) groups is 2. The molecular weight excluding hydrogens is 320 g/mol. The molecule has 2 rings (SSSR count). The van der Waals surface area contributed by atoms with Gasteiger partial charge in [-0.2, -0.15) is 0 Å². The van der Waals surface area contributed by atoms with E-state index in [-0.39, 0.29) is 0 Å². The number of aliphatic carboxylic acids is 1. The molecule has 0 aliphatic carbocycles. The smallest absolute Gasteiger partial charge is 0.376 e. The van der Waals surface area contributed by atoms with Crippen molar-refractivity contribution >= 4 is 29.1 Å². The maximum Gasteiger partial charge on any atom is 0.376 e. The topological polar surface area (TPSA) is 83.8 Å². The molecule has 6 heteroatoms. The lowest BCUT2D eigenvalue weighted by molar-refractivity contribution is -0.146. The van der Waals surface area contributed by atoms with Crippen LogP contribution in [0.15, 0.2) is 54.6 Å². The van der Waals surface area contributed by atoms with Crippen LogP contribution in [0.4, 0.5) is 0 Å². The van der Waals surface area contributed by atoms with Crippen LogP contribution in [0.1, 0.15) is 11.1 Å². The minimum atomic E-state index is -1.63. The van der Waals surface area contributed by atoms with Crippen molar-refractivity contribution in [2.24, 2.45) is 0 Å². The molecule has 0 heterocycles. The van der Waals surface area contributed by atoms with Crippen LogP contribution in [0.25, 0.3) is 5.76 Å². The number of halogens is 1. The Hall–Kier alpha value is -2.79. The average molecular weight is 333 g/mol. The van der Waals surface area contributed by atoms with Crippen molar-refractivity contribution in [3.8, 4) is 5.75 Å². The van der Waals surface area contributed by atoms with Gasteiger partial charge in [0.05, 0.1) is 0 Å². The van der Waals surface area contributed by atoms with Gasteiger partial charge in [-0.1, -0.05) is 23.7 Å². The number of aliphatic hydroxyl groups excluding tert-OH is 1. The average Bonchev–Trinajstić information content (AvgIpc) is 2.54. The molecule has 0 aliphatic heterocycles. The Balaban J connectivity index is 2.00. The van der Waals surface area contributed by atoms with Gasteiger partial charge in [-0.05, 0) is 42.0 Å². The molecule has 0 atom stereocenters. The molecule has 118 valence electrons. The van der Waals surface area contributed by atoms with Gasteiger partial charge in [0.2, 0.25) is 0 Å². The summed E-state index contributed by atoms with van der Waals surface area (Å²) in [6, 6.07) is 13.5. The first-order chi connectivity index (χ1) is 11.0. The number of hydrogen-bond donors (Lipinski definition) is 2. The molecule has 0 saturated heterocycles. The van der Waals surface area contributed by atoms with Crippen molar-refractivity contribution in [2.75, 3.05) is 0 Å². The molecule has 0 radical (unpaired) electrons. The van der Waals surface area contributed by atoms with E-state index in [1.54, 1.807) is 24.3 Å². The number of benzene rings is 2.